The summed E-state index contributed by atoms with van der Waals surface area (Å²) in [6, 6.07) is 8.23. The van der Waals surface area contributed by atoms with Crippen molar-refractivity contribution >= 4 is 16.8 Å². The highest BCUT2D eigenvalue weighted by atomic mass is 16.1. The number of benzene rings is 1. The first kappa shape index (κ1) is 11.7. The van der Waals surface area contributed by atoms with E-state index in [1.807, 2.05) is 18.3 Å². The minimum atomic E-state index is 0.0129. The maximum Gasteiger partial charge on any atom is 0.216 e. The summed E-state index contributed by atoms with van der Waals surface area (Å²) in [5, 5.41) is 7.30. The van der Waals surface area contributed by atoms with Gasteiger partial charge in [0, 0.05) is 43.7 Å². The topological polar surface area (TPSA) is 56.9 Å². The van der Waals surface area contributed by atoms with E-state index in [0.29, 0.717) is 6.54 Å². The summed E-state index contributed by atoms with van der Waals surface area (Å²) < 4.78 is 0. The molecule has 4 nitrogen and oxygen atoms in total. The Morgan fingerprint density at radius 1 is 1.29 bits per heavy atom. The van der Waals surface area contributed by atoms with Crippen LogP contribution in [0.1, 0.15) is 12.5 Å². The van der Waals surface area contributed by atoms with Crippen LogP contribution in [0.25, 0.3) is 10.9 Å². The fraction of sp³-hybridized carbons (Fsp3) is 0.308. The van der Waals surface area contributed by atoms with E-state index in [0.717, 1.165) is 18.6 Å². The fourth-order valence-corrected chi connectivity index (χ4v) is 1.83. The molecule has 0 spiro atoms. The fourth-order valence-electron chi connectivity index (χ4n) is 1.83. The minimum absolute atomic E-state index is 0.0129. The number of H-pyrrole nitrogens is 1. The van der Waals surface area contributed by atoms with Crippen molar-refractivity contribution in [2.24, 2.45) is 0 Å². The molecule has 0 aliphatic heterocycles. The van der Waals surface area contributed by atoms with Gasteiger partial charge in [0.15, 0.2) is 0 Å². The number of fused-ring (bicyclic) bond motifs is 1. The number of hydrogen-bond acceptors (Lipinski definition) is 2. The molecule has 0 aliphatic carbocycles. The summed E-state index contributed by atoms with van der Waals surface area (Å²) in [4.78, 5) is 13.9. The van der Waals surface area contributed by atoms with Gasteiger partial charge in [-0.25, -0.2) is 0 Å². The van der Waals surface area contributed by atoms with Crippen LogP contribution in [0.3, 0.4) is 0 Å². The Hall–Kier alpha value is -1.81. The quantitative estimate of drug-likeness (QED) is 0.681. The number of rotatable bonds is 5. The molecule has 90 valence electrons. The second-order valence-corrected chi connectivity index (χ2v) is 4.02. The molecule has 2 rings (SSSR count). The van der Waals surface area contributed by atoms with Crippen molar-refractivity contribution in [2.45, 2.75) is 13.5 Å². The van der Waals surface area contributed by atoms with Gasteiger partial charge >= 0.3 is 0 Å². The van der Waals surface area contributed by atoms with Gasteiger partial charge < -0.3 is 15.6 Å². The van der Waals surface area contributed by atoms with Gasteiger partial charge in [0.1, 0.15) is 0 Å². The van der Waals surface area contributed by atoms with Crippen molar-refractivity contribution in [2.75, 3.05) is 13.1 Å². The van der Waals surface area contributed by atoms with Gasteiger partial charge in [-0.3, -0.25) is 4.79 Å². The second kappa shape index (κ2) is 5.50. The predicted molar refractivity (Wildman–Crippen MR) is 68.7 cm³/mol. The van der Waals surface area contributed by atoms with Crippen molar-refractivity contribution in [3.63, 3.8) is 0 Å². The normalized spacial score (nSPS) is 10.6. The average Bonchev–Trinajstić information content (AvgIpc) is 2.72. The van der Waals surface area contributed by atoms with Crippen LogP contribution in [0.15, 0.2) is 30.5 Å². The van der Waals surface area contributed by atoms with E-state index in [1.165, 1.54) is 17.9 Å². The van der Waals surface area contributed by atoms with Crippen LogP contribution >= 0.6 is 0 Å². The zero-order chi connectivity index (χ0) is 12.1. The number of aromatic nitrogens is 1. The third-order valence-electron chi connectivity index (χ3n) is 2.67. The van der Waals surface area contributed by atoms with E-state index in [-0.39, 0.29) is 5.91 Å². The molecule has 1 heterocycles. The highest BCUT2D eigenvalue weighted by Crippen LogP contribution is 2.16. The summed E-state index contributed by atoms with van der Waals surface area (Å²) >= 11 is 0. The highest BCUT2D eigenvalue weighted by Gasteiger charge is 2.01. The largest absolute Gasteiger partial charge is 0.361 e. The lowest BCUT2D eigenvalue weighted by Gasteiger charge is -2.04. The molecular weight excluding hydrogens is 214 g/mol. The Bertz CT molecular complexity index is 504. The molecule has 0 aliphatic rings. The van der Waals surface area contributed by atoms with Gasteiger partial charge in [0.05, 0.1) is 0 Å². The van der Waals surface area contributed by atoms with E-state index in [4.69, 9.17) is 0 Å². The Balaban J connectivity index is 1.85. The smallest absolute Gasteiger partial charge is 0.216 e. The molecule has 1 aromatic heterocycles. The molecule has 0 saturated heterocycles. The third kappa shape index (κ3) is 3.07. The molecule has 3 N–H and O–H groups in total. The predicted octanol–water partition coefficient (Wildman–Crippen LogP) is 1.39. The Morgan fingerprint density at radius 2 is 2.12 bits per heavy atom. The number of para-hydroxylation sites is 1. The summed E-state index contributed by atoms with van der Waals surface area (Å²) in [5.41, 5.74) is 2.41. The van der Waals surface area contributed by atoms with Gasteiger partial charge in [-0.05, 0) is 11.6 Å². The maximum absolute atomic E-state index is 10.7. The molecule has 0 fully saturated rings. The van der Waals surface area contributed by atoms with E-state index in [2.05, 4.69) is 27.8 Å². The third-order valence-corrected chi connectivity index (χ3v) is 2.67. The Kier molecular flexibility index (Phi) is 3.77. The van der Waals surface area contributed by atoms with Crippen molar-refractivity contribution in [1.29, 1.82) is 0 Å². The van der Waals surface area contributed by atoms with E-state index < -0.39 is 0 Å². The first-order chi connectivity index (χ1) is 8.27. The van der Waals surface area contributed by atoms with Crippen molar-refractivity contribution in [1.82, 2.24) is 15.6 Å². The molecule has 4 heteroatoms. The maximum atomic E-state index is 10.7. The van der Waals surface area contributed by atoms with Gasteiger partial charge in [0.2, 0.25) is 5.91 Å². The van der Waals surface area contributed by atoms with Crippen LogP contribution in [0.5, 0.6) is 0 Å². The van der Waals surface area contributed by atoms with Crippen LogP contribution < -0.4 is 10.6 Å². The summed E-state index contributed by atoms with van der Waals surface area (Å²) in [5.74, 6) is 0.0129. The molecule has 0 saturated carbocycles. The number of carbonyl (C=O) groups is 1. The van der Waals surface area contributed by atoms with Crippen molar-refractivity contribution in [3.8, 4) is 0 Å². The molecule has 0 bridgehead atoms. The first-order valence-electron chi connectivity index (χ1n) is 5.77. The first-order valence-corrected chi connectivity index (χ1v) is 5.77. The molecule has 0 atom stereocenters. The van der Waals surface area contributed by atoms with E-state index in [1.54, 1.807) is 0 Å². The van der Waals surface area contributed by atoms with Gasteiger partial charge in [0.25, 0.3) is 0 Å². The van der Waals surface area contributed by atoms with Gasteiger partial charge in [-0.2, -0.15) is 0 Å². The monoisotopic (exact) mass is 231 g/mol. The molecule has 0 unspecified atom stereocenters. The summed E-state index contributed by atoms with van der Waals surface area (Å²) in [6.07, 6.45) is 2.02. The second-order valence-electron chi connectivity index (χ2n) is 4.02. The Labute approximate surface area is 100 Å². The van der Waals surface area contributed by atoms with Crippen LogP contribution in [-0.2, 0) is 11.3 Å². The lowest BCUT2D eigenvalue weighted by atomic mass is 10.2. The zero-order valence-electron chi connectivity index (χ0n) is 9.92. The van der Waals surface area contributed by atoms with Crippen LogP contribution in [0, 0.1) is 0 Å². The molecular formula is C13H17N3O. The average molecular weight is 231 g/mol. The summed E-state index contributed by atoms with van der Waals surface area (Å²) in [7, 11) is 0. The SMILES string of the molecule is CC(=O)NCCNCc1c[nH]c2ccccc12. The number of hydrogen-bond donors (Lipinski definition) is 3. The standard InChI is InChI=1S/C13H17N3O/c1-10(17)15-7-6-14-8-11-9-16-13-5-3-2-4-12(11)13/h2-5,9,14,16H,6-8H2,1H3,(H,15,17). The molecule has 1 aromatic carbocycles. The number of nitrogens with one attached hydrogen (secondary N) is 3. The van der Waals surface area contributed by atoms with Gasteiger partial charge in [-0.1, -0.05) is 18.2 Å². The minimum Gasteiger partial charge on any atom is -0.361 e. The highest BCUT2D eigenvalue weighted by molar-refractivity contribution is 5.82. The molecule has 1 amide bonds. The molecule has 0 radical (unpaired) electrons. The van der Waals surface area contributed by atoms with E-state index >= 15 is 0 Å². The van der Waals surface area contributed by atoms with Crippen LogP contribution in [0.4, 0.5) is 0 Å². The van der Waals surface area contributed by atoms with Crippen molar-refractivity contribution < 1.29 is 4.79 Å². The van der Waals surface area contributed by atoms with Crippen molar-refractivity contribution in [3.05, 3.63) is 36.0 Å². The number of aromatic amines is 1. The Morgan fingerprint density at radius 3 is 2.94 bits per heavy atom. The van der Waals surface area contributed by atoms with Gasteiger partial charge in [-0.15, -0.1) is 0 Å². The van der Waals surface area contributed by atoms with Crippen LogP contribution in [0.2, 0.25) is 0 Å². The van der Waals surface area contributed by atoms with E-state index in [9.17, 15) is 4.79 Å². The lowest BCUT2D eigenvalue weighted by molar-refractivity contribution is -0.118. The number of amides is 1. The summed E-state index contributed by atoms with van der Waals surface area (Å²) in [6.45, 7) is 3.78. The zero-order valence-corrected chi connectivity index (χ0v) is 9.92. The number of carbonyl (C=O) groups excluding carboxylic acids is 1. The van der Waals surface area contributed by atoms with Crippen LogP contribution in [-0.4, -0.2) is 24.0 Å². The lowest BCUT2D eigenvalue weighted by Crippen LogP contribution is -2.29. The molecule has 2 aromatic rings. The molecule has 17 heavy (non-hydrogen) atoms.